The van der Waals surface area contributed by atoms with E-state index in [4.69, 9.17) is 4.74 Å². The summed E-state index contributed by atoms with van der Waals surface area (Å²) < 4.78 is 6.47. The second-order valence-corrected chi connectivity index (χ2v) is 6.46. The molecule has 0 radical (unpaired) electrons. The van der Waals surface area contributed by atoms with E-state index in [9.17, 15) is 4.79 Å². The minimum Gasteiger partial charge on any atom is -0.483 e. The highest BCUT2D eigenvalue weighted by molar-refractivity contribution is 9.10. The maximum Gasteiger partial charge on any atom is 0.258 e. The van der Waals surface area contributed by atoms with Crippen molar-refractivity contribution in [2.24, 2.45) is 0 Å². The average molecular weight is 376 g/mol. The van der Waals surface area contributed by atoms with Gasteiger partial charge in [0.25, 0.3) is 5.91 Å². The van der Waals surface area contributed by atoms with Crippen LogP contribution in [-0.2, 0) is 11.2 Å². The summed E-state index contributed by atoms with van der Waals surface area (Å²) in [7, 11) is 0. The second kappa shape index (κ2) is 8.16. The zero-order valence-electron chi connectivity index (χ0n) is 13.7. The number of amides is 1. The van der Waals surface area contributed by atoms with E-state index in [0.717, 1.165) is 16.5 Å². The number of carbonyl (C=O) groups is 1. The van der Waals surface area contributed by atoms with Crippen LogP contribution in [0.4, 0.5) is 0 Å². The first-order valence-corrected chi connectivity index (χ1v) is 8.56. The second-order valence-electron chi connectivity index (χ2n) is 5.61. The van der Waals surface area contributed by atoms with Crippen LogP contribution in [0.15, 0.2) is 46.9 Å². The fourth-order valence-electron chi connectivity index (χ4n) is 2.25. The first-order chi connectivity index (χ1) is 11.0. The van der Waals surface area contributed by atoms with E-state index in [1.807, 2.05) is 56.3 Å². The highest BCUT2D eigenvalue weighted by Crippen LogP contribution is 2.26. The van der Waals surface area contributed by atoms with E-state index >= 15 is 0 Å². The number of hydrogen-bond donors (Lipinski definition) is 1. The molecule has 1 amide bonds. The molecule has 3 nitrogen and oxygen atoms in total. The molecule has 0 saturated heterocycles. The van der Waals surface area contributed by atoms with E-state index in [1.54, 1.807) is 0 Å². The maximum atomic E-state index is 12.1. The number of nitrogens with one attached hydrogen (secondary N) is 1. The molecule has 0 aliphatic rings. The molecule has 0 aromatic heterocycles. The lowest BCUT2D eigenvalue weighted by molar-refractivity contribution is -0.123. The van der Waals surface area contributed by atoms with Crippen LogP contribution in [0.2, 0.25) is 0 Å². The largest absolute Gasteiger partial charge is 0.483 e. The number of benzene rings is 2. The third-order valence-corrected chi connectivity index (χ3v) is 4.34. The van der Waals surface area contributed by atoms with Gasteiger partial charge in [-0.25, -0.2) is 0 Å². The van der Waals surface area contributed by atoms with Crippen molar-refractivity contribution in [3.63, 3.8) is 0 Å². The van der Waals surface area contributed by atoms with Gasteiger partial charge >= 0.3 is 0 Å². The fourth-order valence-corrected chi connectivity index (χ4v) is 2.79. The van der Waals surface area contributed by atoms with Gasteiger partial charge in [0, 0.05) is 0 Å². The van der Waals surface area contributed by atoms with Gasteiger partial charge in [0.15, 0.2) is 6.61 Å². The molecule has 0 spiro atoms. The molecular formula is C19H22BrNO2. The number of halogens is 1. The van der Waals surface area contributed by atoms with Crippen molar-refractivity contribution in [1.29, 1.82) is 0 Å². The Morgan fingerprint density at radius 2 is 1.91 bits per heavy atom. The molecule has 1 atom stereocenters. The van der Waals surface area contributed by atoms with Gasteiger partial charge in [0.1, 0.15) is 5.75 Å². The molecule has 4 heteroatoms. The molecule has 2 aromatic carbocycles. The Labute approximate surface area is 146 Å². The Balaban J connectivity index is 1.88. The fraction of sp³-hybridized carbons (Fsp3) is 0.316. The Morgan fingerprint density at radius 1 is 1.22 bits per heavy atom. The van der Waals surface area contributed by atoms with E-state index in [0.29, 0.717) is 5.75 Å². The summed E-state index contributed by atoms with van der Waals surface area (Å²) in [6.45, 7) is 6.11. The zero-order chi connectivity index (χ0) is 16.8. The Kier molecular flexibility index (Phi) is 6.22. The summed E-state index contributed by atoms with van der Waals surface area (Å²) in [4.78, 5) is 12.1. The van der Waals surface area contributed by atoms with Crippen LogP contribution in [0.25, 0.3) is 0 Å². The summed E-state index contributed by atoms with van der Waals surface area (Å²) in [6, 6.07) is 14.0. The summed E-state index contributed by atoms with van der Waals surface area (Å²) in [6.07, 6.45) is 0.966. The molecule has 0 heterocycles. The molecule has 1 N–H and O–H groups in total. The topological polar surface area (TPSA) is 38.3 Å². The quantitative estimate of drug-likeness (QED) is 0.802. The van der Waals surface area contributed by atoms with Gasteiger partial charge in [-0.05, 0) is 59.5 Å². The highest BCUT2D eigenvalue weighted by Gasteiger charge is 2.11. The zero-order valence-corrected chi connectivity index (χ0v) is 15.3. The average Bonchev–Trinajstić information content (AvgIpc) is 2.54. The summed E-state index contributed by atoms with van der Waals surface area (Å²) in [5.74, 6) is 0.546. The summed E-state index contributed by atoms with van der Waals surface area (Å²) in [5, 5.41) is 2.95. The van der Waals surface area contributed by atoms with Gasteiger partial charge in [-0.2, -0.15) is 0 Å². The van der Waals surface area contributed by atoms with E-state index in [-0.39, 0.29) is 18.6 Å². The van der Waals surface area contributed by atoms with Crippen LogP contribution in [-0.4, -0.2) is 12.5 Å². The van der Waals surface area contributed by atoms with Gasteiger partial charge in [-0.3, -0.25) is 4.79 Å². The lowest BCUT2D eigenvalue weighted by Gasteiger charge is -2.15. The molecular weight excluding hydrogens is 354 g/mol. The lowest BCUT2D eigenvalue weighted by atomic mass is 10.1. The molecule has 0 aliphatic carbocycles. The number of ether oxygens (including phenoxy) is 1. The minimum atomic E-state index is -0.135. The van der Waals surface area contributed by atoms with Crippen LogP contribution in [0.3, 0.4) is 0 Å². The van der Waals surface area contributed by atoms with E-state index < -0.39 is 0 Å². The van der Waals surface area contributed by atoms with Gasteiger partial charge < -0.3 is 10.1 Å². The molecule has 2 rings (SSSR count). The van der Waals surface area contributed by atoms with Gasteiger partial charge in [0.05, 0.1) is 10.5 Å². The molecule has 23 heavy (non-hydrogen) atoms. The van der Waals surface area contributed by atoms with Crippen molar-refractivity contribution in [3.8, 4) is 5.75 Å². The third-order valence-electron chi connectivity index (χ3n) is 3.72. The molecule has 0 unspecified atom stereocenters. The van der Waals surface area contributed by atoms with Crippen LogP contribution in [0.1, 0.15) is 36.6 Å². The van der Waals surface area contributed by atoms with Crippen LogP contribution in [0, 0.1) is 6.92 Å². The SMILES string of the molecule is CCc1ccc(OCC(=O)N[C@@H](C)c2ccc(C)cc2)c(Br)c1. The van der Waals surface area contributed by atoms with Crippen LogP contribution >= 0.6 is 15.9 Å². The van der Waals surface area contributed by atoms with Crippen molar-refractivity contribution in [2.45, 2.75) is 33.2 Å². The first kappa shape index (κ1) is 17.5. The molecule has 2 aromatic rings. The van der Waals surface area contributed by atoms with E-state index in [1.165, 1.54) is 11.1 Å². The number of aryl methyl sites for hydroxylation is 2. The van der Waals surface area contributed by atoms with E-state index in [2.05, 4.69) is 28.2 Å². The summed E-state index contributed by atoms with van der Waals surface area (Å²) >= 11 is 3.48. The minimum absolute atomic E-state index is 0.000271. The normalized spacial score (nSPS) is 11.8. The third kappa shape index (κ3) is 5.10. The maximum absolute atomic E-state index is 12.1. The first-order valence-electron chi connectivity index (χ1n) is 7.76. The predicted molar refractivity (Wildman–Crippen MR) is 96.8 cm³/mol. The van der Waals surface area contributed by atoms with Crippen molar-refractivity contribution in [1.82, 2.24) is 5.32 Å². The van der Waals surface area contributed by atoms with Gasteiger partial charge in [-0.1, -0.05) is 42.8 Å². The number of hydrogen-bond acceptors (Lipinski definition) is 2. The smallest absolute Gasteiger partial charge is 0.258 e. The molecule has 0 aliphatic heterocycles. The van der Waals surface area contributed by atoms with Crippen molar-refractivity contribution in [3.05, 3.63) is 63.6 Å². The van der Waals surface area contributed by atoms with Gasteiger partial charge in [-0.15, -0.1) is 0 Å². The van der Waals surface area contributed by atoms with Crippen LogP contribution in [0.5, 0.6) is 5.75 Å². The number of carbonyl (C=O) groups excluding carboxylic acids is 1. The van der Waals surface area contributed by atoms with Crippen LogP contribution < -0.4 is 10.1 Å². The number of rotatable bonds is 6. The van der Waals surface area contributed by atoms with Crippen molar-refractivity contribution in [2.75, 3.05) is 6.61 Å². The molecule has 0 saturated carbocycles. The summed E-state index contributed by atoms with van der Waals surface area (Å²) in [5.41, 5.74) is 3.51. The van der Waals surface area contributed by atoms with Gasteiger partial charge in [0.2, 0.25) is 0 Å². The lowest BCUT2D eigenvalue weighted by Crippen LogP contribution is -2.31. The Bertz CT molecular complexity index is 668. The molecule has 122 valence electrons. The monoisotopic (exact) mass is 375 g/mol. The predicted octanol–water partition coefficient (Wildman–Crippen LogP) is 4.58. The van der Waals surface area contributed by atoms with Crippen molar-refractivity contribution < 1.29 is 9.53 Å². The van der Waals surface area contributed by atoms with Crippen molar-refractivity contribution >= 4 is 21.8 Å². The highest BCUT2D eigenvalue weighted by atomic mass is 79.9. The standard InChI is InChI=1S/C19H22BrNO2/c1-4-15-7-10-18(17(20)11-15)23-12-19(22)21-14(3)16-8-5-13(2)6-9-16/h5-11,14H,4,12H2,1-3H3,(H,21,22)/t14-/m0/s1. The molecule has 0 fully saturated rings. The molecule has 0 bridgehead atoms. The Morgan fingerprint density at radius 3 is 2.52 bits per heavy atom. The Hall–Kier alpha value is -1.81.